The van der Waals surface area contributed by atoms with Gasteiger partial charge in [-0.15, -0.1) is 11.3 Å². The second-order valence-electron chi connectivity index (χ2n) is 6.43. The molecule has 0 radical (unpaired) electrons. The zero-order valence-corrected chi connectivity index (χ0v) is 14.6. The van der Waals surface area contributed by atoms with Gasteiger partial charge in [0.05, 0.1) is 12.1 Å². The molecule has 23 heavy (non-hydrogen) atoms. The van der Waals surface area contributed by atoms with Gasteiger partial charge in [-0.3, -0.25) is 14.5 Å². The van der Waals surface area contributed by atoms with Crippen LogP contribution in [-0.4, -0.2) is 79.0 Å². The number of hydrogen-bond acceptors (Lipinski definition) is 5. The summed E-state index contributed by atoms with van der Waals surface area (Å²) in [6.07, 6.45) is 0.00345. The number of likely N-dealkylation sites (tertiary alicyclic amines) is 1. The molecular weight excluding hydrogens is 314 g/mol. The topological polar surface area (TPSA) is 53.1 Å². The highest BCUT2D eigenvalue weighted by molar-refractivity contribution is 7.11. The number of carbonyl (C=O) groups is 2. The summed E-state index contributed by atoms with van der Waals surface area (Å²) in [5.41, 5.74) is 0. The summed E-state index contributed by atoms with van der Waals surface area (Å²) in [6.45, 7) is 4.76. The molecule has 126 valence electrons. The second-order valence-corrected chi connectivity index (χ2v) is 7.81. The van der Waals surface area contributed by atoms with E-state index in [1.54, 1.807) is 30.3 Å². The van der Waals surface area contributed by atoms with Gasteiger partial charge in [-0.1, -0.05) is 0 Å². The Labute approximate surface area is 140 Å². The molecule has 2 amide bonds. The fourth-order valence-corrected chi connectivity index (χ4v) is 4.09. The quantitative estimate of drug-likeness (QED) is 0.805. The van der Waals surface area contributed by atoms with Gasteiger partial charge in [0.15, 0.2) is 0 Å². The normalized spacial score (nSPS) is 24.8. The van der Waals surface area contributed by atoms with Crippen molar-refractivity contribution in [3.05, 3.63) is 21.9 Å². The average molecular weight is 337 g/mol. The molecule has 1 aromatic heterocycles. The van der Waals surface area contributed by atoms with E-state index < -0.39 is 0 Å². The van der Waals surface area contributed by atoms with Crippen molar-refractivity contribution in [3.8, 4) is 0 Å². The van der Waals surface area contributed by atoms with Crippen LogP contribution < -0.4 is 0 Å². The lowest BCUT2D eigenvalue weighted by atomic mass is 10.1. The lowest BCUT2D eigenvalue weighted by Gasteiger charge is -2.36. The number of rotatable bonds is 4. The molecular formula is C16H23N3O3S. The van der Waals surface area contributed by atoms with Crippen LogP contribution in [0.25, 0.3) is 0 Å². The van der Waals surface area contributed by atoms with E-state index in [1.807, 2.05) is 0 Å². The van der Waals surface area contributed by atoms with Crippen LogP contribution in [0.2, 0.25) is 0 Å². The average Bonchev–Trinajstić information content (AvgIpc) is 3.08. The largest absolute Gasteiger partial charge is 0.365 e. The van der Waals surface area contributed by atoms with Crippen molar-refractivity contribution in [1.82, 2.24) is 14.7 Å². The van der Waals surface area contributed by atoms with Gasteiger partial charge in [0, 0.05) is 43.5 Å². The number of carbonyl (C=O) groups excluding carboxylic acids is 2. The molecule has 0 bridgehead atoms. The van der Waals surface area contributed by atoms with Crippen molar-refractivity contribution in [2.75, 3.05) is 40.3 Å². The molecule has 2 saturated heterocycles. The van der Waals surface area contributed by atoms with Crippen LogP contribution in [0.3, 0.4) is 0 Å². The molecule has 2 atom stereocenters. The van der Waals surface area contributed by atoms with Crippen molar-refractivity contribution in [2.45, 2.75) is 25.6 Å². The maximum Gasteiger partial charge on any atom is 0.249 e. The number of thiophene rings is 1. The molecule has 2 aliphatic heterocycles. The van der Waals surface area contributed by atoms with Crippen LogP contribution in [0.15, 0.2) is 12.1 Å². The first-order chi connectivity index (χ1) is 10.9. The first-order valence-electron chi connectivity index (χ1n) is 7.83. The first kappa shape index (κ1) is 16.4. The van der Waals surface area contributed by atoms with Gasteiger partial charge >= 0.3 is 0 Å². The highest BCUT2D eigenvalue weighted by atomic mass is 32.1. The van der Waals surface area contributed by atoms with E-state index in [9.17, 15) is 9.59 Å². The molecule has 7 heteroatoms. The summed E-state index contributed by atoms with van der Waals surface area (Å²) in [6, 6.07) is 4.26. The van der Waals surface area contributed by atoms with Gasteiger partial charge in [-0.05, 0) is 19.1 Å². The number of amides is 2. The van der Waals surface area contributed by atoms with Gasteiger partial charge in [0.1, 0.15) is 13.2 Å². The number of morpholine rings is 1. The summed E-state index contributed by atoms with van der Waals surface area (Å²) in [4.78, 5) is 32.3. The Bertz CT molecular complexity index is 601. The lowest BCUT2D eigenvalue weighted by molar-refractivity contribution is -0.156. The molecule has 1 aromatic rings. The number of aryl methyl sites for hydroxylation is 1. The Morgan fingerprint density at radius 2 is 2.17 bits per heavy atom. The van der Waals surface area contributed by atoms with E-state index in [-0.39, 0.29) is 37.1 Å². The number of likely N-dealkylation sites (N-methyl/N-ethyl adjacent to an activating group) is 1. The highest BCUT2D eigenvalue weighted by Gasteiger charge is 2.43. The highest BCUT2D eigenvalue weighted by Crippen LogP contribution is 2.26. The van der Waals surface area contributed by atoms with Gasteiger partial charge in [-0.2, -0.15) is 0 Å². The van der Waals surface area contributed by atoms with E-state index in [1.165, 1.54) is 14.7 Å². The minimum Gasteiger partial charge on any atom is -0.365 e. The van der Waals surface area contributed by atoms with Crippen molar-refractivity contribution in [1.29, 1.82) is 0 Å². The Kier molecular flexibility index (Phi) is 4.70. The summed E-state index contributed by atoms with van der Waals surface area (Å²) in [5, 5.41) is 0. The lowest BCUT2D eigenvalue weighted by Crippen LogP contribution is -2.56. The van der Waals surface area contributed by atoms with Crippen molar-refractivity contribution in [3.63, 3.8) is 0 Å². The Balaban J connectivity index is 1.67. The predicted molar refractivity (Wildman–Crippen MR) is 88.3 cm³/mol. The Hall–Kier alpha value is -1.44. The van der Waals surface area contributed by atoms with Crippen LogP contribution >= 0.6 is 11.3 Å². The van der Waals surface area contributed by atoms with Gasteiger partial charge < -0.3 is 14.5 Å². The maximum atomic E-state index is 12.2. The SMILES string of the molecule is Cc1ccc(CN2C[C@@H]3[C@@H](C2)OCC(=O)N3CC(=O)N(C)C)s1. The smallest absolute Gasteiger partial charge is 0.249 e. The van der Waals surface area contributed by atoms with E-state index >= 15 is 0 Å². The molecule has 0 aliphatic carbocycles. The molecule has 2 fully saturated rings. The van der Waals surface area contributed by atoms with E-state index in [0.717, 1.165) is 19.6 Å². The molecule has 0 aromatic carbocycles. The first-order valence-corrected chi connectivity index (χ1v) is 8.64. The third-order valence-electron chi connectivity index (χ3n) is 4.43. The van der Waals surface area contributed by atoms with Gasteiger partial charge in [-0.25, -0.2) is 0 Å². The minimum atomic E-state index is -0.0877. The molecule has 0 unspecified atom stereocenters. The second kappa shape index (κ2) is 6.59. The van der Waals surface area contributed by atoms with Crippen LogP contribution in [0.1, 0.15) is 9.75 Å². The molecule has 6 nitrogen and oxygen atoms in total. The zero-order valence-electron chi connectivity index (χ0n) is 13.8. The predicted octanol–water partition coefficient (Wildman–Crippen LogP) is 0.556. The standard InChI is InChI=1S/C16H23N3O3S/c1-11-4-5-12(23-11)6-18-7-13-14(8-18)22-10-16(21)19(13)9-15(20)17(2)3/h4-5,13-14H,6-10H2,1-3H3/t13-,14-/m1/s1. The number of ether oxygens (including phenoxy) is 1. The number of fused-ring (bicyclic) bond motifs is 1. The molecule has 2 aliphatic rings. The van der Waals surface area contributed by atoms with Crippen LogP contribution in [0.5, 0.6) is 0 Å². The van der Waals surface area contributed by atoms with Gasteiger partial charge in [0.25, 0.3) is 0 Å². The van der Waals surface area contributed by atoms with Crippen molar-refractivity contribution < 1.29 is 14.3 Å². The fraction of sp³-hybridized carbons (Fsp3) is 0.625. The molecule has 0 N–H and O–H groups in total. The van der Waals surface area contributed by atoms with Gasteiger partial charge in [0.2, 0.25) is 11.8 Å². The molecule has 0 spiro atoms. The van der Waals surface area contributed by atoms with Crippen molar-refractivity contribution in [2.24, 2.45) is 0 Å². The zero-order chi connectivity index (χ0) is 16.6. The molecule has 3 rings (SSSR count). The third-order valence-corrected chi connectivity index (χ3v) is 5.42. The fourth-order valence-electron chi connectivity index (χ4n) is 3.15. The van der Waals surface area contributed by atoms with Crippen molar-refractivity contribution >= 4 is 23.2 Å². The molecule has 3 heterocycles. The van der Waals surface area contributed by atoms with Crippen LogP contribution in [0.4, 0.5) is 0 Å². The maximum absolute atomic E-state index is 12.2. The van der Waals surface area contributed by atoms with E-state index in [2.05, 4.69) is 24.0 Å². The van der Waals surface area contributed by atoms with Crippen LogP contribution in [-0.2, 0) is 20.9 Å². The van der Waals surface area contributed by atoms with Crippen LogP contribution in [0, 0.1) is 6.92 Å². The summed E-state index contributed by atoms with van der Waals surface area (Å²) >= 11 is 1.80. The number of nitrogens with zero attached hydrogens (tertiary/aromatic N) is 3. The minimum absolute atomic E-state index is 0.00345. The van der Waals surface area contributed by atoms with E-state index in [4.69, 9.17) is 4.74 Å². The Morgan fingerprint density at radius 3 is 2.83 bits per heavy atom. The molecule has 0 saturated carbocycles. The monoisotopic (exact) mass is 337 g/mol. The van der Waals surface area contributed by atoms with E-state index in [0.29, 0.717) is 0 Å². The summed E-state index contributed by atoms with van der Waals surface area (Å²) in [7, 11) is 3.43. The Morgan fingerprint density at radius 1 is 1.39 bits per heavy atom. The summed E-state index contributed by atoms with van der Waals surface area (Å²) < 4.78 is 5.71. The summed E-state index contributed by atoms with van der Waals surface area (Å²) in [5.74, 6) is -0.137. The number of hydrogen-bond donors (Lipinski definition) is 0. The third kappa shape index (κ3) is 3.57.